The Balaban J connectivity index is 1.81. The summed E-state index contributed by atoms with van der Waals surface area (Å²) in [6.07, 6.45) is 4.37. The normalized spacial score (nSPS) is 17.9. The minimum Gasteiger partial charge on any atom is -0.364 e. The molecule has 3 rings (SSSR count). The predicted molar refractivity (Wildman–Crippen MR) is 101 cm³/mol. The number of primary amides is 1. The van der Waals surface area contributed by atoms with Crippen molar-refractivity contribution in [2.75, 3.05) is 29.6 Å². The molecule has 0 aromatic carbocycles. The average Bonchev–Trinajstić information content (AvgIpc) is 2.99. The first-order valence-corrected chi connectivity index (χ1v) is 10.7. The Bertz CT molecular complexity index is 884. The van der Waals surface area contributed by atoms with Gasteiger partial charge in [-0.1, -0.05) is 17.4 Å². The number of thiazole rings is 1. The lowest BCUT2D eigenvalue weighted by Crippen LogP contribution is -2.47. The molecule has 0 aliphatic carbocycles. The number of nitrogens with two attached hydrogens (primary N) is 1. The third-order valence-corrected chi connectivity index (χ3v) is 5.62. The molecule has 1 saturated heterocycles. The van der Waals surface area contributed by atoms with Crippen molar-refractivity contribution in [2.45, 2.75) is 18.9 Å². The van der Waals surface area contributed by atoms with Gasteiger partial charge in [0.15, 0.2) is 10.8 Å². The summed E-state index contributed by atoms with van der Waals surface area (Å²) in [5, 5.41) is 4.21. The highest BCUT2D eigenvalue weighted by atomic mass is 32.2. The van der Waals surface area contributed by atoms with E-state index in [9.17, 15) is 13.2 Å². The van der Waals surface area contributed by atoms with E-state index in [-0.39, 0.29) is 11.7 Å². The molecule has 1 atom stereocenters. The van der Waals surface area contributed by atoms with Gasteiger partial charge in [0.2, 0.25) is 10.0 Å². The van der Waals surface area contributed by atoms with Gasteiger partial charge in [0, 0.05) is 25.3 Å². The Morgan fingerprint density at radius 3 is 2.88 bits per heavy atom. The standard InChI is InChI=1S/C15H20N6O3S2/c1-26(23,24)20-10-5-4-8-21(9-10)15-19-12(13(16)22)14(25-15)18-11-6-2-3-7-17-11/h2-3,6-7,10,20H,4-5,8-9H2,1H3,(H2,16,22)(H,17,18)/t10-/m1/s1. The van der Waals surface area contributed by atoms with E-state index in [0.29, 0.717) is 22.5 Å². The predicted octanol–water partition coefficient (Wildman–Crippen LogP) is 0.899. The van der Waals surface area contributed by atoms with Crippen molar-refractivity contribution in [2.24, 2.45) is 5.73 Å². The lowest BCUT2D eigenvalue weighted by atomic mass is 10.1. The molecule has 0 saturated carbocycles. The number of sulfonamides is 1. The summed E-state index contributed by atoms with van der Waals surface area (Å²) in [5.74, 6) is -0.0470. The van der Waals surface area contributed by atoms with Gasteiger partial charge < -0.3 is 16.0 Å². The van der Waals surface area contributed by atoms with E-state index < -0.39 is 15.9 Å². The van der Waals surface area contributed by atoms with E-state index in [2.05, 4.69) is 20.0 Å². The summed E-state index contributed by atoms with van der Waals surface area (Å²) in [6.45, 7) is 1.22. The van der Waals surface area contributed by atoms with Crippen molar-refractivity contribution >= 4 is 43.2 Å². The van der Waals surface area contributed by atoms with Crippen LogP contribution in [-0.2, 0) is 10.0 Å². The first-order valence-electron chi connectivity index (χ1n) is 8.03. The van der Waals surface area contributed by atoms with Gasteiger partial charge in [-0.25, -0.2) is 23.1 Å². The smallest absolute Gasteiger partial charge is 0.270 e. The van der Waals surface area contributed by atoms with Gasteiger partial charge in [-0.3, -0.25) is 4.79 Å². The Morgan fingerprint density at radius 2 is 2.23 bits per heavy atom. The number of piperidine rings is 1. The molecule has 1 amide bonds. The van der Waals surface area contributed by atoms with Crippen LogP contribution in [-0.4, -0.2) is 49.7 Å². The Kier molecular flexibility index (Phi) is 5.39. The number of hydrogen-bond acceptors (Lipinski definition) is 8. The molecule has 2 aromatic heterocycles. The molecule has 11 heteroatoms. The minimum absolute atomic E-state index is 0.147. The molecule has 9 nitrogen and oxygen atoms in total. The molecular weight excluding hydrogens is 376 g/mol. The number of carbonyl (C=O) groups excluding carboxylic acids is 1. The maximum Gasteiger partial charge on any atom is 0.270 e. The Morgan fingerprint density at radius 1 is 1.42 bits per heavy atom. The molecule has 1 fully saturated rings. The first kappa shape index (κ1) is 18.5. The minimum atomic E-state index is -3.27. The first-order chi connectivity index (χ1) is 12.3. The number of amides is 1. The van der Waals surface area contributed by atoms with Crippen LogP contribution in [0.1, 0.15) is 23.3 Å². The number of pyridine rings is 1. The summed E-state index contributed by atoms with van der Waals surface area (Å²) in [6, 6.07) is 5.21. The van der Waals surface area contributed by atoms with Crippen LogP contribution in [0.15, 0.2) is 24.4 Å². The van der Waals surface area contributed by atoms with Gasteiger partial charge in [-0.15, -0.1) is 0 Å². The number of hydrogen-bond donors (Lipinski definition) is 3. The van der Waals surface area contributed by atoms with Crippen LogP contribution in [0, 0.1) is 0 Å². The van der Waals surface area contributed by atoms with E-state index in [1.807, 2.05) is 11.0 Å². The largest absolute Gasteiger partial charge is 0.364 e. The second-order valence-corrected chi connectivity index (χ2v) is 8.81. The van der Waals surface area contributed by atoms with Crippen LogP contribution >= 0.6 is 11.3 Å². The van der Waals surface area contributed by atoms with Gasteiger partial charge in [0.05, 0.1) is 6.26 Å². The van der Waals surface area contributed by atoms with Crippen molar-refractivity contribution in [1.82, 2.24) is 14.7 Å². The third kappa shape index (κ3) is 4.68. The van der Waals surface area contributed by atoms with Crippen LogP contribution < -0.4 is 20.7 Å². The molecule has 4 N–H and O–H groups in total. The van der Waals surface area contributed by atoms with Crippen LogP contribution in [0.3, 0.4) is 0 Å². The van der Waals surface area contributed by atoms with Gasteiger partial charge in [-0.2, -0.15) is 0 Å². The van der Waals surface area contributed by atoms with Crippen molar-refractivity contribution in [1.29, 1.82) is 0 Å². The summed E-state index contributed by atoms with van der Waals surface area (Å²) in [7, 11) is -3.27. The molecule has 2 aromatic rings. The molecule has 1 aliphatic heterocycles. The van der Waals surface area contributed by atoms with E-state index >= 15 is 0 Å². The summed E-state index contributed by atoms with van der Waals surface area (Å²) in [5.41, 5.74) is 5.60. The summed E-state index contributed by atoms with van der Waals surface area (Å²) in [4.78, 5) is 22.3. The molecule has 26 heavy (non-hydrogen) atoms. The van der Waals surface area contributed by atoms with Crippen molar-refractivity contribution in [3.05, 3.63) is 30.1 Å². The van der Waals surface area contributed by atoms with E-state index in [0.717, 1.165) is 25.6 Å². The summed E-state index contributed by atoms with van der Waals surface area (Å²) >= 11 is 1.29. The molecule has 140 valence electrons. The topological polar surface area (TPSA) is 130 Å². The zero-order chi connectivity index (χ0) is 18.7. The van der Waals surface area contributed by atoms with Crippen molar-refractivity contribution in [3.63, 3.8) is 0 Å². The molecule has 0 unspecified atom stereocenters. The van der Waals surface area contributed by atoms with Gasteiger partial charge in [-0.05, 0) is 25.0 Å². The SMILES string of the molecule is CS(=O)(=O)N[C@@H]1CCCN(c2nc(C(N)=O)c(Nc3ccccn3)s2)C1. The van der Waals surface area contributed by atoms with Crippen molar-refractivity contribution < 1.29 is 13.2 Å². The molecular formula is C15H20N6O3S2. The molecule has 0 spiro atoms. The van der Waals surface area contributed by atoms with Crippen LogP contribution in [0.25, 0.3) is 0 Å². The van der Waals surface area contributed by atoms with Crippen LogP contribution in [0.5, 0.6) is 0 Å². The molecule has 0 bridgehead atoms. The Labute approximate surface area is 155 Å². The van der Waals surface area contributed by atoms with E-state index in [4.69, 9.17) is 5.73 Å². The van der Waals surface area contributed by atoms with E-state index in [1.54, 1.807) is 18.3 Å². The monoisotopic (exact) mass is 396 g/mol. The lowest BCUT2D eigenvalue weighted by Gasteiger charge is -2.32. The number of rotatable bonds is 6. The maximum atomic E-state index is 11.8. The fourth-order valence-corrected chi connectivity index (χ4v) is 4.61. The second kappa shape index (κ2) is 7.56. The summed E-state index contributed by atoms with van der Waals surface area (Å²) < 4.78 is 25.6. The van der Waals surface area contributed by atoms with Gasteiger partial charge >= 0.3 is 0 Å². The average molecular weight is 396 g/mol. The van der Waals surface area contributed by atoms with Crippen LogP contribution in [0.2, 0.25) is 0 Å². The third-order valence-electron chi connectivity index (χ3n) is 3.83. The van der Waals surface area contributed by atoms with Gasteiger partial charge in [0.1, 0.15) is 10.8 Å². The zero-order valence-electron chi connectivity index (χ0n) is 14.2. The fourth-order valence-electron chi connectivity index (χ4n) is 2.80. The maximum absolute atomic E-state index is 11.8. The Hall–Kier alpha value is -2.24. The highest BCUT2D eigenvalue weighted by Crippen LogP contribution is 2.34. The fraction of sp³-hybridized carbons (Fsp3) is 0.400. The quantitative estimate of drug-likeness (QED) is 0.661. The highest BCUT2D eigenvalue weighted by Gasteiger charge is 2.26. The number of nitrogens with one attached hydrogen (secondary N) is 2. The zero-order valence-corrected chi connectivity index (χ0v) is 15.8. The second-order valence-electron chi connectivity index (χ2n) is 6.05. The number of nitrogens with zero attached hydrogens (tertiary/aromatic N) is 3. The number of aromatic nitrogens is 2. The molecule has 1 aliphatic rings. The highest BCUT2D eigenvalue weighted by molar-refractivity contribution is 7.88. The number of anilines is 3. The van der Waals surface area contributed by atoms with Crippen molar-refractivity contribution in [3.8, 4) is 0 Å². The van der Waals surface area contributed by atoms with E-state index in [1.165, 1.54) is 11.3 Å². The number of carbonyl (C=O) groups is 1. The molecule has 0 radical (unpaired) electrons. The van der Waals surface area contributed by atoms with Gasteiger partial charge in [0.25, 0.3) is 5.91 Å². The van der Waals surface area contributed by atoms with Crippen LogP contribution in [0.4, 0.5) is 16.0 Å². The lowest BCUT2D eigenvalue weighted by molar-refractivity contribution is 0.0997. The molecule has 3 heterocycles.